The summed E-state index contributed by atoms with van der Waals surface area (Å²) < 4.78 is 17.1. The van der Waals surface area contributed by atoms with Crippen molar-refractivity contribution in [3.05, 3.63) is 46.7 Å². The van der Waals surface area contributed by atoms with Crippen LogP contribution in [-0.2, 0) is 6.61 Å². The summed E-state index contributed by atoms with van der Waals surface area (Å²) in [6.45, 7) is 0.759. The minimum absolute atomic E-state index is 0.287. The summed E-state index contributed by atoms with van der Waals surface area (Å²) in [5.41, 5.74) is 1.03. The first-order valence-electron chi connectivity index (χ1n) is 5.44. The molecule has 1 aromatic heterocycles. The van der Waals surface area contributed by atoms with Gasteiger partial charge in [-0.1, -0.05) is 6.07 Å². The molecule has 1 aliphatic heterocycles. The van der Waals surface area contributed by atoms with Crippen LogP contribution in [-0.4, -0.2) is 11.8 Å². The Hall–Kier alpha value is -1.75. The first-order chi connectivity index (χ1) is 8.83. The van der Waals surface area contributed by atoms with Crippen molar-refractivity contribution in [1.82, 2.24) is 4.98 Å². The first kappa shape index (κ1) is 11.3. The van der Waals surface area contributed by atoms with E-state index in [1.807, 2.05) is 24.3 Å². The number of hydrogen-bond acceptors (Lipinski definition) is 4. The Kier molecular flexibility index (Phi) is 3.06. The molecule has 0 N–H and O–H groups in total. The molecule has 0 bridgehead atoms. The van der Waals surface area contributed by atoms with Gasteiger partial charge < -0.3 is 14.2 Å². The van der Waals surface area contributed by atoms with Gasteiger partial charge in [0.25, 0.3) is 0 Å². The molecule has 0 fully saturated rings. The number of ether oxygens (including phenoxy) is 3. The third kappa shape index (κ3) is 2.26. The Morgan fingerprint density at radius 3 is 3.00 bits per heavy atom. The van der Waals surface area contributed by atoms with Crippen LogP contribution in [0, 0.1) is 0 Å². The lowest BCUT2D eigenvalue weighted by atomic mass is 10.2. The highest BCUT2D eigenvalue weighted by molar-refractivity contribution is 9.10. The van der Waals surface area contributed by atoms with Gasteiger partial charge in [-0.2, -0.15) is 0 Å². The molecule has 0 amide bonds. The Morgan fingerprint density at radius 2 is 2.11 bits per heavy atom. The lowest BCUT2D eigenvalue weighted by Gasteiger charge is -2.08. The molecule has 18 heavy (non-hydrogen) atoms. The lowest BCUT2D eigenvalue weighted by Crippen LogP contribution is -1.96. The van der Waals surface area contributed by atoms with E-state index in [1.54, 1.807) is 12.4 Å². The zero-order valence-corrected chi connectivity index (χ0v) is 11.0. The maximum absolute atomic E-state index is 5.70. The van der Waals surface area contributed by atoms with E-state index >= 15 is 0 Å². The van der Waals surface area contributed by atoms with Crippen molar-refractivity contribution in [1.29, 1.82) is 0 Å². The summed E-state index contributed by atoms with van der Waals surface area (Å²) in [6, 6.07) is 7.60. The van der Waals surface area contributed by atoms with Gasteiger partial charge in [-0.15, -0.1) is 0 Å². The molecule has 92 valence electrons. The van der Waals surface area contributed by atoms with Crippen LogP contribution < -0.4 is 14.2 Å². The Morgan fingerprint density at radius 1 is 1.22 bits per heavy atom. The fourth-order valence-electron chi connectivity index (χ4n) is 1.67. The highest BCUT2D eigenvalue weighted by Gasteiger charge is 2.13. The molecule has 0 spiro atoms. The summed E-state index contributed by atoms with van der Waals surface area (Å²) in [4.78, 5) is 3.98. The number of aromatic nitrogens is 1. The predicted octanol–water partition coefficient (Wildman–Crippen LogP) is 3.15. The van der Waals surface area contributed by atoms with Crippen LogP contribution in [0.4, 0.5) is 0 Å². The maximum Gasteiger partial charge on any atom is 0.231 e. The van der Waals surface area contributed by atoms with E-state index in [1.165, 1.54) is 0 Å². The van der Waals surface area contributed by atoms with Gasteiger partial charge in [0.05, 0.1) is 4.47 Å². The van der Waals surface area contributed by atoms with Crippen LogP contribution >= 0.6 is 15.9 Å². The molecule has 1 aromatic carbocycles. The zero-order valence-electron chi connectivity index (χ0n) is 9.43. The predicted molar refractivity (Wildman–Crippen MR) is 68.8 cm³/mol. The van der Waals surface area contributed by atoms with E-state index < -0.39 is 0 Å². The normalized spacial score (nSPS) is 12.5. The first-order valence-corrected chi connectivity index (χ1v) is 6.23. The van der Waals surface area contributed by atoms with E-state index in [0.717, 1.165) is 27.3 Å². The number of halogens is 1. The SMILES string of the molecule is Brc1cnccc1OCc1ccc2c(c1)OCO2. The minimum atomic E-state index is 0.287. The van der Waals surface area contributed by atoms with Crippen LogP contribution in [0.3, 0.4) is 0 Å². The molecule has 3 rings (SSSR count). The van der Waals surface area contributed by atoms with Gasteiger partial charge in [-0.05, 0) is 39.7 Å². The molecule has 2 aromatic rings. The molecule has 2 heterocycles. The van der Waals surface area contributed by atoms with Gasteiger partial charge in [0.1, 0.15) is 12.4 Å². The third-order valence-electron chi connectivity index (χ3n) is 2.57. The summed E-state index contributed by atoms with van der Waals surface area (Å²) in [6.07, 6.45) is 3.40. The fraction of sp³-hybridized carbons (Fsp3) is 0.154. The number of rotatable bonds is 3. The van der Waals surface area contributed by atoms with Gasteiger partial charge >= 0.3 is 0 Å². The number of nitrogens with zero attached hydrogens (tertiary/aromatic N) is 1. The van der Waals surface area contributed by atoms with Crippen molar-refractivity contribution in [3.8, 4) is 17.2 Å². The summed E-state index contributed by atoms with van der Waals surface area (Å²) >= 11 is 3.39. The highest BCUT2D eigenvalue weighted by atomic mass is 79.9. The molecular formula is C13H10BrNO3. The third-order valence-corrected chi connectivity index (χ3v) is 3.16. The quantitative estimate of drug-likeness (QED) is 0.873. The van der Waals surface area contributed by atoms with Crippen molar-refractivity contribution >= 4 is 15.9 Å². The second-order valence-corrected chi connectivity index (χ2v) is 4.64. The Labute approximate surface area is 113 Å². The van der Waals surface area contributed by atoms with Crippen LogP contribution in [0.5, 0.6) is 17.2 Å². The van der Waals surface area contributed by atoms with Gasteiger partial charge in [-0.25, -0.2) is 0 Å². The van der Waals surface area contributed by atoms with Crippen molar-refractivity contribution in [2.45, 2.75) is 6.61 Å². The molecule has 0 unspecified atom stereocenters. The summed E-state index contributed by atoms with van der Waals surface area (Å²) in [5, 5.41) is 0. The van der Waals surface area contributed by atoms with E-state index in [0.29, 0.717) is 6.61 Å². The number of benzene rings is 1. The number of hydrogen-bond donors (Lipinski definition) is 0. The lowest BCUT2D eigenvalue weighted by molar-refractivity contribution is 0.174. The molecular weight excluding hydrogens is 298 g/mol. The van der Waals surface area contributed by atoms with Gasteiger partial charge in [0.15, 0.2) is 11.5 Å². The van der Waals surface area contributed by atoms with E-state index in [4.69, 9.17) is 14.2 Å². The van der Waals surface area contributed by atoms with Gasteiger partial charge in [0.2, 0.25) is 6.79 Å². The van der Waals surface area contributed by atoms with E-state index in [2.05, 4.69) is 20.9 Å². The molecule has 0 saturated carbocycles. The van der Waals surface area contributed by atoms with Gasteiger partial charge in [0, 0.05) is 12.4 Å². The van der Waals surface area contributed by atoms with E-state index in [-0.39, 0.29) is 6.79 Å². The monoisotopic (exact) mass is 307 g/mol. The van der Waals surface area contributed by atoms with Crippen molar-refractivity contribution in [2.24, 2.45) is 0 Å². The van der Waals surface area contributed by atoms with Gasteiger partial charge in [-0.3, -0.25) is 4.98 Å². The average molecular weight is 308 g/mol. The second-order valence-electron chi connectivity index (χ2n) is 3.78. The Bertz CT molecular complexity index is 574. The molecule has 1 aliphatic rings. The molecule has 4 nitrogen and oxygen atoms in total. The molecule has 0 saturated heterocycles. The Balaban J connectivity index is 1.72. The molecule has 0 aliphatic carbocycles. The second kappa shape index (κ2) is 4.86. The van der Waals surface area contributed by atoms with E-state index in [9.17, 15) is 0 Å². The van der Waals surface area contributed by atoms with Crippen LogP contribution in [0.25, 0.3) is 0 Å². The fourth-order valence-corrected chi connectivity index (χ4v) is 2.04. The van der Waals surface area contributed by atoms with Crippen molar-refractivity contribution in [2.75, 3.05) is 6.79 Å². The van der Waals surface area contributed by atoms with Crippen LogP contribution in [0.2, 0.25) is 0 Å². The average Bonchev–Trinajstić information content (AvgIpc) is 2.85. The van der Waals surface area contributed by atoms with Crippen LogP contribution in [0.15, 0.2) is 41.1 Å². The summed E-state index contributed by atoms with van der Waals surface area (Å²) in [5.74, 6) is 2.32. The maximum atomic E-state index is 5.70. The largest absolute Gasteiger partial charge is 0.488 e. The smallest absolute Gasteiger partial charge is 0.231 e. The van der Waals surface area contributed by atoms with Crippen LogP contribution in [0.1, 0.15) is 5.56 Å². The van der Waals surface area contributed by atoms with Crippen molar-refractivity contribution < 1.29 is 14.2 Å². The number of fused-ring (bicyclic) bond motifs is 1. The number of pyridine rings is 1. The minimum Gasteiger partial charge on any atom is -0.488 e. The highest BCUT2D eigenvalue weighted by Crippen LogP contribution is 2.33. The summed E-state index contributed by atoms with van der Waals surface area (Å²) in [7, 11) is 0. The zero-order chi connectivity index (χ0) is 12.4. The molecule has 0 radical (unpaired) electrons. The van der Waals surface area contributed by atoms with Crippen molar-refractivity contribution in [3.63, 3.8) is 0 Å². The standard InChI is InChI=1S/C13H10BrNO3/c14-10-6-15-4-3-11(10)16-7-9-1-2-12-13(5-9)18-8-17-12/h1-6H,7-8H2. The molecule has 5 heteroatoms. The molecule has 0 atom stereocenters. The topological polar surface area (TPSA) is 40.6 Å².